The first-order valence-electron chi connectivity index (χ1n) is 25.0. The van der Waals surface area contributed by atoms with Crippen molar-refractivity contribution >= 4 is 54.3 Å². The van der Waals surface area contributed by atoms with Gasteiger partial charge >= 0.3 is 0 Å². The van der Waals surface area contributed by atoms with Crippen LogP contribution in [0.3, 0.4) is 0 Å². The van der Waals surface area contributed by atoms with Gasteiger partial charge in [0.1, 0.15) is 11.2 Å². The van der Waals surface area contributed by atoms with E-state index in [9.17, 15) is 0 Å². The number of benzene rings is 12. The van der Waals surface area contributed by atoms with Gasteiger partial charge < -0.3 is 4.42 Å². The number of hydrogen-bond donors (Lipinski definition) is 0. The van der Waals surface area contributed by atoms with Gasteiger partial charge in [0.15, 0.2) is 0 Å². The van der Waals surface area contributed by atoms with Crippen LogP contribution >= 0.6 is 0 Å². The summed E-state index contributed by atoms with van der Waals surface area (Å²) in [4.78, 5) is 0. The highest BCUT2D eigenvalue weighted by atomic mass is 16.3. The molecular formula is C70H44O. The van der Waals surface area contributed by atoms with Crippen molar-refractivity contribution in [2.24, 2.45) is 0 Å². The minimum atomic E-state index is -0.415. The van der Waals surface area contributed by atoms with Crippen LogP contribution in [-0.4, -0.2) is 0 Å². The van der Waals surface area contributed by atoms with Gasteiger partial charge in [-0.2, -0.15) is 0 Å². The molecule has 3 aliphatic carbocycles. The fraction of sp³-hybridized carbons (Fsp3) is 0.0571. The van der Waals surface area contributed by atoms with Crippen LogP contribution in [0.5, 0.6) is 0 Å². The molecule has 71 heavy (non-hydrogen) atoms. The Hall–Kier alpha value is -8.78. The average Bonchev–Trinajstić information content (AvgIpc) is 4.10. The molecule has 1 heterocycles. The Bertz CT molecular complexity index is 4380. The summed E-state index contributed by atoms with van der Waals surface area (Å²) in [6.07, 6.45) is 0. The van der Waals surface area contributed by atoms with E-state index in [1.165, 1.54) is 132 Å². The van der Waals surface area contributed by atoms with Crippen molar-refractivity contribution in [3.8, 4) is 66.8 Å². The zero-order valence-electron chi connectivity index (χ0n) is 39.3. The van der Waals surface area contributed by atoms with Crippen LogP contribution in [0.1, 0.15) is 47.2 Å². The van der Waals surface area contributed by atoms with Gasteiger partial charge in [0.2, 0.25) is 0 Å². The molecule has 0 aliphatic heterocycles. The Morgan fingerprint density at radius 1 is 0.268 bits per heavy atom. The summed E-state index contributed by atoms with van der Waals surface area (Å²) in [5.41, 5.74) is 24.8. The van der Waals surface area contributed by atoms with E-state index in [2.05, 4.69) is 244 Å². The van der Waals surface area contributed by atoms with Crippen LogP contribution < -0.4 is 0 Å². The van der Waals surface area contributed by atoms with E-state index in [-0.39, 0.29) is 5.41 Å². The SMILES string of the molecule is CC1(C)c2ccc(-c3ccc4oc5ccc(-c6c7ccccc7c(-c7ccc8c(c7)C7(c9ccccc9-c9ccccc97)c7ccccc7-8)c7ccccc67)cc5c4c3)cc2-c2cc3ccccc3cc21. The molecule has 0 N–H and O–H groups in total. The first-order chi connectivity index (χ1) is 34.9. The molecule has 0 unspecified atom stereocenters. The Labute approximate surface area is 411 Å². The largest absolute Gasteiger partial charge is 0.456 e. The van der Waals surface area contributed by atoms with Crippen molar-refractivity contribution < 1.29 is 4.42 Å². The highest BCUT2D eigenvalue weighted by molar-refractivity contribution is 6.22. The van der Waals surface area contributed by atoms with E-state index in [0.717, 1.165) is 21.9 Å². The van der Waals surface area contributed by atoms with Gasteiger partial charge in [0.05, 0.1) is 5.41 Å². The molecule has 13 aromatic rings. The molecule has 0 fully saturated rings. The molecule has 0 saturated carbocycles. The number of fused-ring (bicyclic) bond motifs is 19. The van der Waals surface area contributed by atoms with Crippen LogP contribution in [0.25, 0.3) is 121 Å². The zero-order chi connectivity index (χ0) is 46.7. The molecule has 330 valence electrons. The van der Waals surface area contributed by atoms with Gasteiger partial charge in [-0.1, -0.05) is 196 Å². The smallest absolute Gasteiger partial charge is 0.135 e. The average molecular weight is 901 g/mol. The summed E-state index contributed by atoms with van der Waals surface area (Å²) in [7, 11) is 0. The maximum atomic E-state index is 6.62. The van der Waals surface area contributed by atoms with Gasteiger partial charge in [0, 0.05) is 16.2 Å². The number of hydrogen-bond acceptors (Lipinski definition) is 1. The molecule has 1 nitrogen and oxygen atoms in total. The van der Waals surface area contributed by atoms with Gasteiger partial charge in [-0.15, -0.1) is 0 Å². The molecule has 0 radical (unpaired) electrons. The van der Waals surface area contributed by atoms with Crippen molar-refractivity contribution in [3.05, 3.63) is 264 Å². The minimum absolute atomic E-state index is 0.0766. The van der Waals surface area contributed by atoms with Crippen LogP contribution in [0.15, 0.2) is 235 Å². The first kappa shape index (κ1) is 39.1. The summed E-state index contributed by atoms with van der Waals surface area (Å²) >= 11 is 0. The lowest BCUT2D eigenvalue weighted by molar-refractivity contribution is 0.661. The molecule has 16 rings (SSSR count). The van der Waals surface area contributed by atoms with Crippen LogP contribution in [0, 0.1) is 0 Å². The Morgan fingerprint density at radius 2 is 0.690 bits per heavy atom. The molecule has 0 saturated heterocycles. The van der Waals surface area contributed by atoms with E-state index >= 15 is 0 Å². The van der Waals surface area contributed by atoms with Crippen LogP contribution in [0.4, 0.5) is 0 Å². The molecule has 1 aromatic heterocycles. The number of furan rings is 1. The summed E-state index contributed by atoms with van der Waals surface area (Å²) in [5.74, 6) is 0. The molecule has 0 atom stereocenters. The Morgan fingerprint density at radius 3 is 1.28 bits per heavy atom. The van der Waals surface area contributed by atoms with Crippen molar-refractivity contribution in [2.45, 2.75) is 24.7 Å². The van der Waals surface area contributed by atoms with E-state index < -0.39 is 5.41 Å². The Balaban J connectivity index is 0.868. The van der Waals surface area contributed by atoms with E-state index in [0.29, 0.717) is 0 Å². The molecule has 0 bridgehead atoms. The highest BCUT2D eigenvalue weighted by Crippen LogP contribution is 2.63. The second kappa shape index (κ2) is 13.9. The topological polar surface area (TPSA) is 13.1 Å². The zero-order valence-corrected chi connectivity index (χ0v) is 39.3. The fourth-order valence-corrected chi connectivity index (χ4v) is 13.7. The molecule has 1 heteroatoms. The molecule has 3 aliphatic rings. The van der Waals surface area contributed by atoms with E-state index in [1.54, 1.807) is 0 Å². The monoisotopic (exact) mass is 900 g/mol. The van der Waals surface area contributed by atoms with Gasteiger partial charge in [-0.25, -0.2) is 0 Å². The standard InChI is InChI=1S/C70H44O/c1-69(2)59-32-28-43(36-55(59)56-35-41-15-3-4-16-42(41)39-63(56)69)44-29-33-65-57(37-44)58-38-45(30-34-66(58)71-65)67-51-20-5-7-22-53(51)68(54-23-8-6-21-52(54)67)46-27-31-50-49-19-11-14-26-62(49)70(64(50)40-46)60-24-12-9-17-47(60)48-18-10-13-25-61(48)70/h3-40H,1-2H3. The molecule has 12 aromatic carbocycles. The van der Waals surface area contributed by atoms with E-state index in [4.69, 9.17) is 4.42 Å². The van der Waals surface area contributed by atoms with Crippen molar-refractivity contribution in [1.82, 2.24) is 0 Å². The van der Waals surface area contributed by atoms with Crippen molar-refractivity contribution in [1.29, 1.82) is 0 Å². The minimum Gasteiger partial charge on any atom is -0.456 e. The van der Waals surface area contributed by atoms with E-state index in [1.807, 2.05) is 0 Å². The molecule has 0 amide bonds. The highest BCUT2D eigenvalue weighted by Gasteiger charge is 2.51. The third kappa shape index (κ3) is 5.10. The summed E-state index contributed by atoms with van der Waals surface area (Å²) in [5, 5.41) is 9.77. The predicted octanol–water partition coefficient (Wildman–Crippen LogP) is 18.7. The lowest BCUT2D eigenvalue weighted by Crippen LogP contribution is -2.25. The lowest BCUT2D eigenvalue weighted by atomic mass is 9.70. The van der Waals surface area contributed by atoms with Gasteiger partial charge in [-0.05, 0) is 181 Å². The van der Waals surface area contributed by atoms with Crippen LogP contribution in [0.2, 0.25) is 0 Å². The number of rotatable bonds is 3. The Kier molecular flexibility index (Phi) is 7.68. The normalized spacial score (nSPS) is 14.3. The summed E-state index contributed by atoms with van der Waals surface area (Å²) < 4.78 is 6.62. The van der Waals surface area contributed by atoms with Crippen molar-refractivity contribution in [2.75, 3.05) is 0 Å². The second-order valence-electron chi connectivity index (χ2n) is 20.6. The maximum Gasteiger partial charge on any atom is 0.135 e. The second-order valence-corrected chi connectivity index (χ2v) is 20.6. The molecular weight excluding hydrogens is 857 g/mol. The quantitative estimate of drug-likeness (QED) is 0.161. The van der Waals surface area contributed by atoms with Crippen LogP contribution in [-0.2, 0) is 10.8 Å². The van der Waals surface area contributed by atoms with Crippen molar-refractivity contribution in [3.63, 3.8) is 0 Å². The fourth-order valence-electron chi connectivity index (χ4n) is 13.7. The third-order valence-electron chi connectivity index (χ3n) is 16.9. The lowest BCUT2D eigenvalue weighted by Gasteiger charge is -2.30. The van der Waals surface area contributed by atoms with Gasteiger partial charge in [-0.3, -0.25) is 0 Å². The predicted molar refractivity (Wildman–Crippen MR) is 296 cm³/mol. The van der Waals surface area contributed by atoms with Gasteiger partial charge in [0.25, 0.3) is 0 Å². The summed E-state index contributed by atoms with van der Waals surface area (Å²) in [6, 6.07) is 86.8. The first-order valence-corrected chi connectivity index (χ1v) is 25.0. The maximum absolute atomic E-state index is 6.62. The summed E-state index contributed by atoms with van der Waals surface area (Å²) in [6.45, 7) is 4.73. The molecule has 1 spiro atoms. The third-order valence-corrected chi connectivity index (χ3v) is 16.9.